The maximum atomic E-state index is 10.6. The van der Waals surface area contributed by atoms with Crippen LogP contribution in [0.3, 0.4) is 0 Å². The number of aldehydes is 1. The molecular formula is C7H9N3O2. The second-order valence-electron chi connectivity index (χ2n) is 2.32. The van der Waals surface area contributed by atoms with E-state index in [1.165, 1.54) is 12.4 Å². The molecule has 0 atom stereocenters. The lowest BCUT2D eigenvalue weighted by Gasteiger charge is -2.12. The van der Waals surface area contributed by atoms with Gasteiger partial charge >= 0.3 is 0 Å². The number of carbonyl (C=O) groups excluding carboxylic acids is 1. The molecule has 0 aliphatic rings. The lowest BCUT2D eigenvalue weighted by molar-refractivity contribution is -0.106. The lowest BCUT2D eigenvalue weighted by Crippen LogP contribution is -2.21. The third kappa shape index (κ3) is 1.91. The molecule has 12 heavy (non-hydrogen) atoms. The Balaban J connectivity index is 2.81. The highest BCUT2D eigenvalue weighted by Crippen LogP contribution is 2.00. The van der Waals surface area contributed by atoms with E-state index in [0.29, 0.717) is 5.82 Å². The molecule has 64 valence electrons. The van der Waals surface area contributed by atoms with Crippen molar-refractivity contribution in [2.45, 2.75) is 0 Å². The Morgan fingerprint density at radius 2 is 2.50 bits per heavy atom. The Morgan fingerprint density at radius 3 is 3.00 bits per heavy atom. The molecule has 0 aliphatic heterocycles. The van der Waals surface area contributed by atoms with E-state index in [4.69, 9.17) is 0 Å². The summed E-state index contributed by atoms with van der Waals surface area (Å²) in [4.78, 5) is 28.6. The fraction of sp³-hybridized carbons (Fsp3) is 0.286. The van der Waals surface area contributed by atoms with Crippen LogP contribution in [0.4, 0.5) is 5.82 Å². The second kappa shape index (κ2) is 3.66. The van der Waals surface area contributed by atoms with E-state index in [9.17, 15) is 9.59 Å². The third-order valence-electron chi connectivity index (χ3n) is 1.40. The Morgan fingerprint density at radius 1 is 1.75 bits per heavy atom. The van der Waals surface area contributed by atoms with Crippen molar-refractivity contribution in [3.05, 3.63) is 22.7 Å². The maximum Gasteiger partial charge on any atom is 0.266 e. The number of nitrogens with one attached hydrogen (secondary N) is 1. The first-order chi connectivity index (χ1) is 5.74. The van der Waals surface area contributed by atoms with E-state index < -0.39 is 0 Å². The summed E-state index contributed by atoms with van der Waals surface area (Å²) in [5.74, 6) is 0.571. The topological polar surface area (TPSA) is 66.1 Å². The number of H-pyrrole nitrogens is 1. The number of aromatic amines is 1. The minimum Gasteiger partial charge on any atom is -0.351 e. The largest absolute Gasteiger partial charge is 0.351 e. The Labute approximate surface area is 69.0 Å². The molecule has 1 N–H and O–H groups in total. The Hall–Kier alpha value is -1.65. The van der Waals surface area contributed by atoms with E-state index in [0.717, 1.165) is 6.29 Å². The molecule has 0 fully saturated rings. The molecule has 5 heteroatoms. The number of hydrogen-bond acceptors (Lipinski definition) is 4. The number of rotatable bonds is 3. The number of likely N-dealkylation sites (N-methyl/N-ethyl adjacent to an activating group) is 1. The summed E-state index contributed by atoms with van der Waals surface area (Å²) in [6, 6.07) is 0. The van der Waals surface area contributed by atoms with Crippen molar-refractivity contribution in [2.75, 3.05) is 18.5 Å². The van der Waals surface area contributed by atoms with Crippen LogP contribution in [0.2, 0.25) is 0 Å². The van der Waals surface area contributed by atoms with Crippen molar-refractivity contribution < 1.29 is 4.79 Å². The zero-order valence-electron chi connectivity index (χ0n) is 6.65. The van der Waals surface area contributed by atoms with Crippen LogP contribution in [0.1, 0.15) is 0 Å². The van der Waals surface area contributed by atoms with Crippen LogP contribution in [0, 0.1) is 0 Å². The van der Waals surface area contributed by atoms with Crippen molar-refractivity contribution in [1.82, 2.24) is 9.97 Å². The number of hydrogen-bond donors (Lipinski definition) is 1. The van der Waals surface area contributed by atoms with Gasteiger partial charge in [0.1, 0.15) is 12.1 Å². The Kier molecular flexibility index (Phi) is 2.57. The van der Waals surface area contributed by atoms with Crippen LogP contribution in [0.25, 0.3) is 0 Å². The molecule has 1 heterocycles. The highest BCUT2D eigenvalue weighted by Gasteiger charge is 1.99. The molecule has 0 saturated carbocycles. The Bertz CT molecular complexity index is 300. The molecule has 0 amide bonds. The second-order valence-corrected chi connectivity index (χ2v) is 2.32. The molecule has 0 saturated heterocycles. The molecule has 0 aromatic carbocycles. The molecule has 1 rings (SSSR count). The standard InChI is InChI=1S/C7H9N3O2/c1-10(2-3-11)6-4-9-7(12)5-8-6/h3-5H,2H2,1H3,(H,9,12). The number of carbonyl (C=O) groups is 1. The lowest BCUT2D eigenvalue weighted by atomic mass is 10.5. The van der Waals surface area contributed by atoms with Crippen LogP contribution in [-0.2, 0) is 4.79 Å². The fourth-order valence-electron chi connectivity index (χ4n) is 0.749. The van der Waals surface area contributed by atoms with Gasteiger partial charge in [-0.1, -0.05) is 0 Å². The highest BCUT2D eigenvalue weighted by molar-refractivity contribution is 5.58. The first-order valence-electron chi connectivity index (χ1n) is 3.43. The van der Waals surface area contributed by atoms with E-state index in [1.54, 1.807) is 11.9 Å². The van der Waals surface area contributed by atoms with Gasteiger partial charge in [-0.25, -0.2) is 4.98 Å². The van der Waals surface area contributed by atoms with Gasteiger partial charge in [0.15, 0.2) is 0 Å². The number of nitrogens with zero attached hydrogens (tertiary/aromatic N) is 2. The monoisotopic (exact) mass is 167 g/mol. The predicted octanol–water partition coefficient (Wildman–Crippen LogP) is -0.595. The molecule has 1 aromatic heterocycles. The summed E-state index contributed by atoms with van der Waals surface area (Å²) in [5, 5.41) is 0. The van der Waals surface area contributed by atoms with Crippen molar-refractivity contribution >= 4 is 12.1 Å². The van der Waals surface area contributed by atoms with Gasteiger partial charge in [0.2, 0.25) is 0 Å². The average Bonchev–Trinajstić information content (AvgIpc) is 2.06. The van der Waals surface area contributed by atoms with Gasteiger partial charge in [-0.2, -0.15) is 0 Å². The van der Waals surface area contributed by atoms with E-state index in [1.807, 2.05) is 0 Å². The third-order valence-corrected chi connectivity index (χ3v) is 1.40. The predicted molar refractivity (Wildman–Crippen MR) is 44.2 cm³/mol. The number of anilines is 1. The molecule has 0 radical (unpaired) electrons. The van der Waals surface area contributed by atoms with Crippen LogP contribution in [-0.4, -0.2) is 29.8 Å². The van der Waals surface area contributed by atoms with E-state index in [2.05, 4.69) is 9.97 Å². The SMILES string of the molecule is CN(CC=O)c1c[nH]c(=O)cn1. The van der Waals surface area contributed by atoms with Gasteiger partial charge in [-0.15, -0.1) is 0 Å². The van der Waals surface area contributed by atoms with Gasteiger partial charge in [0.25, 0.3) is 5.56 Å². The smallest absolute Gasteiger partial charge is 0.266 e. The summed E-state index contributed by atoms with van der Waals surface area (Å²) >= 11 is 0. The minimum absolute atomic E-state index is 0.252. The molecule has 0 aliphatic carbocycles. The summed E-state index contributed by atoms with van der Waals surface area (Å²) in [7, 11) is 1.72. The summed E-state index contributed by atoms with van der Waals surface area (Å²) < 4.78 is 0. The van der Waals surface area contributed by atoms with Gasteiger partial charge in [-0.3, -0.25) is 4.79 Å². The highest BCUT2D eigenvalue weighted by atomic mass is 16.1. The van der Waals surface area contributed by atoms with Crippen LogP contribution < -0.4 is 10.5 Å². The van der Waals surface area contributed by atoms with Gasteiger partial charge in [0, 0.05) is 13.2 Å². The van der Waals surface area contributed by atoms with Gasteiger partial charge in [0.05, 0.1) is 12.7 Å². The average molecular weight is 167 g/mol. The van der Waals surface area contributed by atoms with Gasteiger partial charge < -0.3 is 14.7 Å². The molecule has 5 nitrogen and oxygen atoms in total. The fourth-order valence-corrected chi connectivity index (χ4v) is 0.749. The zero-order chi connectivity index (χ0) is 8.97. The van der Waals surface area contributed by atoms with Crippen molar-refractivity contribution in [2.24, 2.45) is 0 Å². The first kappa shape index (κ1) is 8.45. The summed E-state index contributed by atoms with van der Waals surface area (Å²) in [6.45, 7) is 0.263. The van der Waals surface area contributed by atoms with E-state index in [-0.39, 0.29) is 12.1 Å². The first-order valence-corrected chi connectivity index (χ1v) is 3.43. The molecule has 0 bridgehead atoms. The molecule has 0 unspecified atom stereocenters. The molecular weight excluding hydrogens is 158 g/mol. The maximum absolute atomic E-state index is 10.6. The summed E-state index contributed by atoms with van der Waals surface area (Å²) in [6.07, 6.45) is 3.41. The van der Waals surface area contributed by atoms with Crippen LogP contribution in [0.15, 0.2) is 17.2 Å². The van der Waals surface area contributed by atoms with Crippen molar-refractivity contribution in [3.63, 3.8) is 0 Å². The van der Waals surface area contributed by atoms with Crippen LogP contribution in [0.5, 0.6) is 0 Å². The number of aromatic nitrogens is 2. The molecule has 0 spiro atoms. The van der Waals surface area contributed by atoms with Crippen molar-refractivity contribution in [3.8, 4) is 0 Å². The zero-order valence-corrected chi connectivity index (χ0v) is 6.65. The normalized spacial score (nSPS) is 9.42. The van der Waals surface area contributed by atoms with Crippen LogP contribution >= 0.6 is 0 Å². The van der Waals surface area contributed by atoms with Gasteiger partial charge in [-0.05, 0) is 0 Å². The van der Waals surface area contributed by atoms with E-state index >= 15 is 0 Å². The van der Waals surface area contributed by atoms with Crippen molar-refractivity contribution in [1.29, 1.82) is 0 Å². The quantitative estimate of drug-likeness (QED) is 0.611. The summed E-state index contributed by atoms with van der Waals surface area (Å²) in [5.41, 5.74) is -0.252. The minimum atomic E-state index is -0.252. The molecule has 1 aromatic rings.